The number of nitrogens with zero attached hydrogens (tertiary/aromatic N) is 3. The van der Waals surface area contributed by atoms with Gasteiger partial charge < -0.3 is 0 Å². The Morgan fingerprint density at radius 2 is 2.15 bits per heavy atom. The first-order valence-corrected chi connectivity index (χ1v) is 8.55. The maximum atomic E-state index is 12.0. The molecule has 110 valence electrons. The molecule has 20 heavy (non-hydrogen) atoms. The highest BCUT2D eigenvalue weighted by molar-refractivity contribution is 8.14. The Hall–Kier alpha value is -0.950. The number of anilines is 1. The molecule has 1 aliphatic heterocycles. The van der Waals surface area contributed by atoms with Gasteiger partial charge in [0.1, 0.15) is 5.01 Å². The molecule has 0 spiro atoms. The summed E-state index contributed by atoms with van der Waals surface area (Å²) in [4.78, 5) is 24.8. The van der Waals surface area contributed by atoms with Gasteiger partial charge in [-0.1, -0.05) is 36.9 Å². The lowest BCUT2D eigenvalue weighted by molar-refractivity contribution is -0.117. The summed E-state index contributed by atoms with van der Waals surface area (Å²) in [6, 6.07) is 0. The Labute approximate surface area is 127 Å². The Bertz CT molecular complexity index is 500. The van der Waals surface area contributed by atoms with Crippen LogP contribution in [-0.2, 0) is 9.59 Å². The average Bonchev–Trinajstić information content (AvgIpc) is 2.97. The SMILES string of the molecule is CCC(CC)c1nnc(N2CC(SC(C)=O)CC2=O)s1. The molecule has 2 heterocycles. The predicted octanol–water partition coefficient (Wildman–Crippen LogP) is 2.83. The molecule has 1 atom stereocenters. The summed E-state index contributed by atoms with van der Waals surface area (Å²) < 4.78 is 0. The van der Waals surface area contributed by atoms with Gasteiger partial charge in [0.25, 0.3) is 0 Å². The Balaban J connectivity index is 2.08. The molecule has 2 rings (SSSR count). The lowest BCUT2D eigenvalue weighted by Gasteiger charge is -2.11. The lowest BCUT2D eigenvalue weighted by atomic mass is 10.1. The van der Waals surface area contributed by atoms with E-state index in [1.807, 2.05) is 0 Å². The van der Waals surface area contributed by atoms with E-state index in [9.17, 15) is 9.59 Å². The minimum Gasteiger partial charge on any atom is -0.288 e. The number of carbonyl (C=O) groups excluding carboxylic acids is 2. The Morgan fingerprint density at radius 1 is 1.45 bits per heavy atom. The van der Waals surface area contributed by atoms with Crippen LogP contribution in [0.5, 0.6) is 0 Å². The van der Waals surface area contributed by atoms with Gasteiger partial charge in [-0.2, -0.15) is 0 Å². The minimum atomic E-state index is 0.0380. The number of amides is 1. The first-order chi connectivity index (χ1) is 9.55. The normalized spacial score (nSPS) is 19.1. The topological polar surface area (TPSA) is 63.2 Å². The van der Waals surface area contributed by atoms with Gasteiger partial charge in [0.15, 0.2) is 5.12 Å². The van der Waals surface area contributed by atoms with E-state index in [2.05, 4.69) is 24.0 Å². The molecule has 5 nitrogen and oxygen atoms in total. The van der Waals surface area contributed by atoms with Gasteiger partial charge in [-0.15, -0.1) is 10.2 Å². The summed E-state index contributed by atoms with van der Waals surface area (Å²) in [5, 5.41) is 10.2. The summed E-state index contributed by atoms with van der Waals surface area (Å²) in [6.07, 6.45) is 2.47. The monoisotopic (exact) mass is 313 g/mol. The summed E-state index contributed by atoms with van der Waals surface area (Å²) in [6.45, 7) is 6.36. The lowest BCUT2D eigenvalue weighted by Crippen LogP contribution is -2.24. The fourth-order valence-electron chi connectivity index (χ4n) is 2.31. The van der Waals surface area contributed by atoms with Crippen molar-refractivity contribution in [3.63, 3.8) is 0 Å². The zero-order chi connectivity index (χ0) is 14.7. The van der Waals surface area contributed by atoms with Gasteiger partial charge in [0.2, 0.25) is 11.0 Å². The second-order valence-corrected chi connectivity index (χ2v) is 7.34. The largest absolute Gasteiger partial charge is 0.288 e. The zero-order valence-corrected chi connectivity index (χ0v) is 13.6. The van der Waals surface area contributed by atoms with E-state index >= 15 is 0 Å². The molecular formula is C13H19N3O2S2. The molecule has 7 heteroatoms. The highest BCUT2D eigenvalue weighted by Gasteiger charge is 2.34. The van der Waals surface area contributed by atoms with Crippen LogP contribution in [0.1, 0.15) is 51.0 Å². The number of hydrogen-bond donors (Lipinski definition) is 0. The van der Waals surface area contributed by atoms with Crippen LogP contribution < -0.4 is 4.90 Å². The molecule has 0 radical (unpaired) electrons. The molecule has 0 aliphatic carbocycles. The van der Waals surface area contributed by atoms with Crippen molar-refractivity contribution in [1.29, 1.82) is 0 Å². The molecule has 1 aromatic heterocycles. The van der Waals surface area contributed by atoms with Gasteiger partial charge in [0, 0.05) is 31.1 Å². The number of carbonyl (C=O) groups is 2. The molecule has 0 bridgehead atoms. The van der Waals surface area contributed by atoms with Crippen LogP contribution in [0.25, 0.3) is 0 Å². The van der Waals surface area contributed by atoms with Gasteiger partial charge in [-0.3, -0.25) is 14.5 Å². The van der Waals surface area contributed by atoms with Gasteiger partial charge in [-0.25, -0.2) is 0 Å². The maximum absolute atomic E-state index is 12.0. The molecule has 0 N–H and O–H groups in total. The van der Waals surface area contributed by atoms with Crippen molar-refractivity contribution >= 4 is 39.3 Å². The van der Waals surface area contributed by atoms with E-state index in [0.29, 0.717) is 24.0 Å². The van der Waals surface area contributed by atoms with Crippen LogP contribution in [0.2, 0.25) is 0 Å². The first-order valence-electron chi connectivity index (χ1n) is 6.86. The van der Waals surface area contributed by atoms with Crippen molar-refractivity contribution in [3.8, 4) is 0 Å². The molecule has 1 fully saturated rings. The van der Waals surface area contributed by atoms with Crippen molar-refractivity contribution in [2.24, 2.45) is 0 Å². The summed E-state index contributed by atoms with van der Waals surface area (Å²) >= 11 is 2.74. The standard InChI is InChI=1S/C13H19N3O2S2/c1-4-9(5-2)12-14-15-13(20-12)16-7-10(6-11(16)18)19-8(3)17/h9-10H,4-7H2,1-3H3. The summed E-state index contributed by atoms with van der Waals surface area (Å²) in [7, 11) is 0. The van der Waals surface area contributed by atoms with Crippen molar-refractivity contribution in [1.82, 2.24) is 10.2 Å². The maximum Gasteiger partial charge on any atom is 0.230 e. The van der Waals surface area contributed by atoms with Crippen LogP contribution in [0.3, 0.4) is 0 Å². The highest BCUT2D eigenvalue weighted by Crippen LogP contribution is 2.34. The molecule has 0 aromatic carbocycles. The van der Waals surface area contributed by atoms with Crippen LogP contribution in [0.4, 0.5) is 5.13 Å². The van der Waals surface area contributed by atoms with Crippen molar-refractivity contribution in [2.45, 2.75) is 51.2 Å². The Morgan fingerprint density at radius 3 is 2.75 bits per heavy atom. The summed E-state index contributed by atoms with van der Waals surface area (Å²) in [5.41, 5.74) is 0. The fourth-order valence-corrected chi connectivity index (χ4v) is 4.37. The zero-order valence-electron chi connectivity index (χ0n) is 12.0. The van der Waals surface area contributed by atoms with Gasteiger partial charge in [-0.05, 0) is 12.8 Å². The highest BCUT2D eigenvalue weighted by atomic mass is 32.2. The van der Waals surface area contributed by atoms with Gasteiger partial charge >= 0.3 is 0 Å². The fraction of sp³-hybridized carbons (Fsp3) is 0.692. The number of aromatic nitrogens is 2. The quantitative estimate of drug-likeness (QED) is 0.836. The smallest absolute Gasteiger partial charge is 0.230 e. The third-order valence-electron chi connectivity index (χ3n) is 3.42. The molecule has 1 amide bonds. The molecular weight excluding hydrogens is 294 g/mol. The van der Waals surface area contributed by atoms with E-state index in [-0.39, 0.29) is 16.3 Å². The van der Waals surface area contributed by atoms with Crippen molar-refractivity contribution in [3.05, 3.63) is 5.01 Å². The average molecular weight is 313 g/mol. The Kier molecular flexibility index (Phi) is 5.15. The van der Waals surface area contributed by atoms with Crippen LogP contribution in [0, 0.1) is 0 Å². The number of hydrogen-bond acceptors (Lipinski definition) is 6. The summed E-state index contributed by atoms with van der Waals surface area (Å²) in [5.74, 6) is 0.456. The third-order valence-corrected chi connectivity index (χ3v) is 5.51. The second kappa shape index (κ2) is 6.67. The minimum absolute atomic E-state index is 0.0380. The molecule has 1 aliphatic rings. The van der Waals surface area contributed by atoms with E-state index in [1.165, 1.54) is 30.0 Å². The molecule has 1 unspecified atom stereocenters. The number of thioether (sulfide) groups is 1. The third kappa shape index (κ3) is 3.38. The van der Waals surface area contributed by atoms with Crippen LogP contribution in [-0.4, -0.2) is 33.0 Å². The molecule has 1 saturated heterocycles. The van der Waals surface area contributed by atoms with Gasteiger partial charge in [0.05, 0.1) is 0 Å². The first kappa shape index (κ1) is 15.4. The van der Waals surface area contributed by atoms with Crippen molar-refractivity contribution < 1.29 is 9.59 Å². The van der Waals surface area contributed by atoms with Crippen LogP contribution >= 0.6 is 23.1 Å². The van der Waals surface area contributed by atoms with Crippen LogP contribution in [0.15, 0.2) is 0 Å². The van der Waals surface area contributed by atoms with E-state index in [0.717, 1.165) is 17.8 Å². The van der Waals surface area contributed by atoms with E-state index in [4.69, 9.17) is 0 Å². The second-order valence-electron chi connectivity index (χ2n) is 4.88. The molecule has 0 saturated carbocycles. The van der Waals surface area contributed by atoms with E-state index in [1.54, 1.807) is 4.90 Å². The predicted molar refractivity (Wildman–Crippen MR) is 82.3 cm³/mol. The van der Waals surface area contributed by atoms with Crippen molar-refractivity contribution in [2.75, 3.05) is 11.4 Å². The molecule has 1 aromatic rings. The number of rotatable bonds is 5. The van der Waals surface area contributed by atoms with E-state index < -0.39 is 0 Å².